The van der Waals surface area contributed by atoms with Gasteiger partial charge in [-0.1, -0.05) is 34.8 Å². The number of nitrogens with zero attached hydrogens (tertiary/aromatic N) is 3. The molecule has 0 fully saturated rings. The highest BCUT2D eigenvalue weighted by Gasteiger charge is 2.11. The molecule has 1 aromatic carbocycles. The first-order chi connectivity index (χ1) is 9.04. The summed E-state index contributed by atoms with van der Waals surface area (Å²) in [5.74, 6) is 0. The van der Waals surface area contributed by atoms with Crippen LogP contribution < -0.4 is 0 Å². The normalized spacial score (nSPS) is 11.2. The third-order valence-electron chi connectivity index (χ3n) is 2.72. The largest absolute Gasteiger partial charge is 0.234 e. The predicted octanol–water partition coefficient (Wildman–Crippen LogP) is 4.66. The highest BCUT2D eigenvalue weighted by atomic mass is 35.5. The molecule has 0 unspecified atom stereocenters. The van der Waals surface area contributed by atoms with Gasteiger partial charge in [-0.05, 0) is 31.2 Å². The Morgan fingerprint density at radius 1 is 1.05 bits per heavy atom. The maximum Gasteiger partial charge on any atom is 0.157 e. The average Bonchev–Trinajstić information content (AvgIpc) is 2.72. The summed E-state index contributed by atoms with van der Waals surface area (Å²) in [7, 11) is 0. The Balaban J connectivity index is 2.23. The molecule has 0 radical (unpaired) electrons. The van der Waals surface area contributed by atoms with Crippen molar-refractivity contribution in [1.29, 1.82) is 0 Å². The number of rotatable bonds is 1. The van der Waals surface area contributed by atoms with Crippen molar-refractivity contribution in [2.75, 3.05) is 0 Å². The Hall–Kier alpha value is -1.29. The van der Waals surface area contributed by atoms with Gasteiger partial charge in [0.15, 0.2) is 5.65 Å². The Bertz CT molecular complexity index is 780. The van der Waals surface area contributed by atoms with Gasteiger partial charge in [0.05, 0.1) is 10.7 Å². The second-order valence-corrected chi connectivity index (χ2v) is 5.37. The minimum atomic E-state index is 0.513. The molecule has 0 aliphatic heterocycles. The average molecular weight is 313 g/mol. The van der Waals surface area contributed by atoms with Gasteiger partial charge in [-0.3, -0.25) is 0 Å². The molecule has 0 atom stereocenters. The van der Waals surface area contributed by atoms with Gasteiger partial charge in [0.1, 0.15) is 5.15 Å². The maximum absolute atomic E-state index is 6.18. The standard InChI is InChI=1S/C13H8Cl3N3/c1-7-4-12(16)19-13(17-7)6-11(18-19)9-3-2-8(14)5-10(9)15/h2-6H,1H3. The first-order valence-electron chi connectivity index (χ1n) is 5.53. The zero-order valence-corrected chi connectivity index (χ0v) is 12.1. The Morgan fingerprint density at radius 3 is 2.58 bits per heavy atom. The zero-order valence-electron chi connectivity index (χ0n) is 9.86. The number of hydrogen-bond donors (Lipinski definition) is 0. The highest BCUT2D eigenvalue weighted by Crippen LogP contribution is 2.30. The van der Waals surface area contributed by atoms with E-state index in [0.29, 0.717) is 26.5 Å². The summed E-state index contributed by atoms with van der Waals surface area (Å²) in [6.07, 6.45) is 0. The molecule has 0 aliphatic carbocycles. The van der Waals surface area contributed by atoms with E-state index in [4.69, 9.17) is 34.8 Å². The minimum Gasteiger partial charge on any atom is -0.234 e. The summed E-state index contributed by atoms with van der Waals surface area (Å²) < 4.78 is 1.58. The number of fused-ring (bicyclic) bond motifs is 1. The van der Waals surface area contributed by atoms with E-state index in [-0.39, 0.29) is 0 Å². The van der Waals surface area contributed by atoms with Crippen LogP contribution in [0.25, 0.3) is 16.9 Å². The van der Waals surface area contributed by atoms with Crippen LogP contribution in [0.1, 0.15) is 5.69 Å². The van der Waals surface area contributed by atoms with Gasteiger partial charge < -0.3 is 0 Å². The molecule has 6 heteroatoms. The first-order valence-corrected chi connectivity index (χ1v) is 6.66. The predicted molar refractivity (Wildman–Crippen MR) is 78.2 cm³/mol. The second-order valence-electron chi connectivity index (χ2n) is 4.14. The van der Waals surface area contributed by atoms with E-state index in [1.807, 2.05) is 19.1 Å². The van der Waals surface area contributed by atoms with Crippen LogP contribution in [-0.2, 0) is 0 Å². The third kappa shape index (κ3) is 2.29. The smallest absolute Gasteiger partial charge is 0.157 e. The van der Waals surface area contributed by atoms with Gasteiger partial charge in [0.2, 0.25) is 0 Å². The van der Waals surface area contributed by atoms with Gasteiger partial charge in [-0.2, -0.15) is 5.10 Å². The molecule has 0 saturated heterocycles. The molecule has 3 rings (SSSR count). The van der Waals surface area contributed by atoms with Crippen LogP contribution in [0.4, 0.5) is 0 Å². The molecule has 0 bridgehead atoms. The number of aromatic nitrogens is 3. The van der Waals surface area contributed by atoms with Gasteiger partial charge in [-0.15, -0.1) is 0 Å². The molecule has 96 valence electrons. The highest BCUT2D eigenvalue weighted by molar-refractivity contribution is 6.36. The molecule has 0 amide bonds. The molecule has 2 heterocycles. The van der Waals surface area contributed by atoms with E-state index in [0.717, 1.165) is 11.3 Å². The molecule has 0 saturated carbocycles. The van der Waals surface area contributed by atoms with Crippen molar-refractivity contribution in [3.8, 4) is 11.3 Å². The summed E-state index contributed by atoms with van der Waals surface area (Å²) in [5, 5.41) is 6.05. The monoisotopic (exact) mass is 311 g/mol. The van der Waals surface area contributed by atoms with Crippen molar-refractivity contribution >= 4 is 40.4 Å². The lowest BCUT2D eigenvalue weighted by atomic mass is 10.1. The van der Waals surface area contributed by atoms with Gasteiger partial charge in [-0.25, -0.2) is 9.50 Å². The Morgan fingerprint density at radius 2 is 1.84 bits per heavy atom. The summed E-state index contributed by atoms with van der Waals surface area (Å²) in [6, 6.07) is 8.88. The number of halogens is 3. The zero-order chi connectivity index (χ0) is 13.6. The van der Waals surface area contributed by atoms with Crippen LogP contribution in [-0.4, -0.2) is 14.6 Å². The van der Waals surface area contributed by atoms with Crippen LogP contribution in [0.5, 0.6) is 0 Å². The van der Waals surface area contributed by atoms with Crippen LogP contribution in [0.15, 0.2) is 30.3 Å². The summed E-state index contributed by atoms with van der Waals surface area (Å²) in [5.41, 5.74) is 3.03. The van der Waals surface area contributed by atoms with Crippen molar-refractivity contribution in [2.24, 2.45) is 0 Å². The van der Waals surface area contributed by atoms with Gasteiger partial charge in [0.25, 0.3) is 0 Å². The van der Waals surface area contributed by atoms with E-state index in [1.165, 1.54) is 0 Å². The van der Waals surface area contributed by atoms with Crippen LogP contribution in [0.3, 0.4) is 0 Å². The van der Waals surface area contributed by atoms with Gasteiger partial charge in [0, 0.05) is 22.3 Å². The molecule has 2 aromatic heterocycles. The quantitative estimate of drug-likeness (QED) is 0.611. The molecule has 3 nitrogen and oxygen atoms in total. The molecule has 0 N–H and O–H groups in total. The molecule has 3 aromatic rings. The molecule has 0 aliphatic rings. The summed E-state index contributed by atoms with van der Waals surface area (Å²) >= 11 is 18.2. The Kier molecular flexibility index (Phi) is 3.13. The van der Waals surface area contributed by atoms with Crippen molar-refractivity contribution in [3.05, 3.63) is 51.2 Å². The van der Waals surface area contributed by atoms with E-state index in [2.05, 4.69) is 10.1 Å². The van der Waals surface area contributed by atoms with E-state index in [9.17, 15) is 0 Å². The molecule has 0 spiro atoms. The maximum atomic E-state index is 6.18. The molecular formula is C13H8Cl3N3. The molecular weight excluding hydrogens is 305 g/mol. The number of hydrogen-bond acceptors (Lipinski definition) is 2. The Labute approximate surface area is 124 Å². The van der Waals surface area contributed by atoms with E-state index >= 15 is 0 Å². The summed E-state index contributed by atoms with van der Waals surface area (Å²) in [4.78, 5) is 4.38. The number of benzene rings is 1. The fourth-order valence-electron chi connectivity index (χ4n) is 1.88. The third-order valence-corrected chi connectivity index (χ3v) is 3.54. The first kappa shape index (κ1) is 12.7. The number of aryl methyl sites for hydroxylation is 1. The van der Waals surface area contributed by atoms with Crippen molar-refractivity contribution < 1.29 is 0 Å². The van der Waals surface area contributed by atoms with Crippen LogP contribution in [0, 0.1) is 6.92 Å². The van der Waals surface area contributed by atoms with E-state index in [1.54, 1.807) is 22.7 Å². The lowest BCUT2D eigenvalue weighted by Gasteiger charge is -2.00. The fraction of sp³-hybridized carbons (Fsp3) is 0.0769. The van der Waals surface area contributed by atoms with Crippen molar-refractivity contribution in [3.63, 3.8) is 0 Å². The lowest BCUT2D eigenvalue weighted by Crippen LogP contribution is -1.93. The lowest BCUT2D eigenvalue weighted by molar-refractivity contribution is 0.934. The SMILES string of the molecule is Cc1cc(Cl)n2nc(-c3ccc(Cl)cc3Cl)cc2n1. The van der Waals surface area contributed by atoms with Gasteiger partial charge >= 0.3 is 0 Å². The molecule has 19 heavy (non-hydrogen) atoms. The minimum absolute atomic E-state index is 0.513. The van der Waals surface area contributed by atoms with Crippen LogP contribution >= 0.6 is 34.8 Å². The van der Waals surface area contributed by atoms with Crippen LogP contribution in [0.2, 0.25) is 15.2 Å². The fourth-order valence-corrected chi connectivity index (χ4v) is 2.67. The van der Waals surface area contributed by atoms with E-state index < -0.39 is 0 Å². The van der Waals surface area contributed by atoms with Crippen molar-refractivity contribution in [2.45, 2.75) is 6.92 Å². The van der Waals surface area contributed by atoms with Crippen molar-refractivity contribution in [1.82, 2.24) is 14.6 Å². The summed E-state index contributed by atoms with van der Waals surface area (Å²) in [6.45, 7) is 1.88. The second kappa shape index (κ2) is 4.67. The topological polar surface area (TPSA) is 30.2 Å².